The molecule has 2 aromatic carbocycles. The van der Waals surface area contributed by atoms with Crippen LogP contribution in [0.15, 0.2) is 48.5 Å². The van der Waals surface area contributed by atoms with Gasteiger partial charge >= 0.3 is 0 Å². The lowest BCUT2D eigenvalue weighted by Crippen LogP contribution is -2.45. The number of hydrogen-bond acceptors (Lipinski definition) is 4. The van der Waals surface area contributed by atoms with E-state index in [1.807, 2.05) is 24.3 Å². The summed E-state index contributed by atoms with van der Waals surface area (Å²) in [6, 6.07) is 16.4. The Morgan fingerprint density at radius 1 is 0.906 bits per heavy atom. The number of carbonyl (C=O) groups excluding carboxylic acids is 1. The van der Waals surface area contributed by atoms with Crippen LogP contribution in [-0.4, -0.2) is 49.0 Å². The van der Waals surface area contributed by atoms with Crippen LogP contribution in [0.4, 0.5) is 0 Å². The minimum Gasteiger partial charge on any atom is -0.493 e. The highest BCUT2D eigenvalue weighted by atomic mass is 16.5. The highest BCUT2D eigenvalue weighted by Crippen LogP contribution is 2.30. The molecule has 0 radical (unpaired) electrons. The third-order valence-electron chi connectivity index (χ3n) is 6.90. The summed E-state index contributed by atoms with van der Waals surface area (Å²) in [5, 5.41) is 0. The Labute approximate surface area is 192 Å². The topological polar surface area (TPSA) is 42.0 Å². The van der Waals surface area contributed by atoms with E-state index in [1.165, 1.54) is 5.56 Å². The van der Waals surface area contributed by atoms with Crippen molar-refractivity contribution in [2.24, 2.45) is 11.8 Å². The number of likely N-dealkylation sites (tertiary alicyclic amines) is 2. The molecule has 0 aliphatic carbocycles. The van der Waals surface area contributed by atoms with Crippen LogP contribution in [0, 0.1) is 11.8 Å². The Morgan fingerprint density at radius 2 is 1.62 bits per heavy atom. The van der Waals surface area contributed by atoms with Crippen molar-refractivity contribution in [1.29, 1.82) is 0 Å². The van der Waals surface area contributed by atoms with Gasteiger partial charge in [0.2, 0.25) is 5.91 Å². The molecule has 2 aromatic rings. The Hall–Kier alpha value is -2.53. The number of rotatable bonds is 7. The fraction of sp³-hybridized carbons (Fsp3) is 0.519. The van der Waals surface area contributed by atoms with Crippen LogP contribution < -0.4 is 9.47 Å². The highest BCUT2D eigenvalue weighted by Gasteiger charge is 2.30. The summed E-state index contributed by atoms with van der Waals surface area (Å²) in [4.78, 5) is 17.4. The largest absolute Gasteiger partial charge is 0.493 e. The number of hydrogen-bond donors (Lipinski definition) is 0. The quantitative estimate of drug-likeness (QED) is 0.628. The Morgan fingerprint density at radius 3 is 2.31 bits per heavy atom. The molecule has 2 aliphatic heterocycles. The molecule has 0 bridgehead atoms. The van der Waals surface area contributed by atoms with E-state index in [0.29, 0.717) is 12.5 Å². The van der Waals surface area contributed by atoms with Gasteiger partial charge in [-0.3, -0.25) is 9.69 Å². The summed E-state index contributed by atoms with van der Waals surface area (Å²) < 4.78 is 11.6. The monoisotopic (exact) mass is 436 g/mol. The van der Waals surface area contributed by atoms with Gasteiger partial charge < -0.3 is 14.4 Å². The van der Waals surface area contributed by atoms with Crippen molar-refractivity contribution in [3.63, 3.8) is 0 Å². The van der Waals surface area contributed by atoms with Crippen LogP contribution in [-0.2, 0) is 17.9 Å². The molecule has 0 aromatic heterocycles. The van der Waals surface area contributed by atoms with Gasteiger partial charge in [0.15, 0.2) is 11.5 Å². The first-order chi connectivity index (χ1) is 15.6. The lowest BCUT2D eigenvalue weighted by molar-refractivity contribution is -0.138. The molecule has 2 saturated heterocycles. The highest BCUT2D eigenvalue weighted by molar-refractivity contribution is 5.79. The van der Waals surface area contributed by atoms with Gasteiger partial charge in [-0.2, -0.15) is 0 Å². The van der Waals surface area contributed by atoms with Crippen molar-refractivity contribution in [1.82, 2.24) is 9.80 Å². The van der Waals surface area contributed by atoms with E-state index in [1.54, 1.807) is 7.11 Å². The molecule has 0 saturated carbocycles. The second kappa shape index (κ2) is 10.9. The Balaban J connectivity index is 1.27. The molecule has 0 unspecified atom stereocenters. The molecule has 0 N–H and O–H groups in total. The molecule has 2 heterocycles. The first kappa shape index (κ1) is 22.7. The third kappa shape index (κ3) is 5.83. The minimum absolute atomic E-state index is 0.197. The fourth-order valence-electron chi connectivity index (χ4n) is 4.75. The number of carbonyl (C=O) groups is 1. The Kier molecular flexibility index (Phi) is 7.69. The summed E-state index contributed by atoms with van der Waals surface area (Å²) in [5.41, 5.74) is 2.35. The minimum atomic E-state index is 0.197. The summed E-state index contributed by atoms with van der Waals surface area (Å²) in [6.07, 6.45) is 4.22. The zero-order chi connectivity index (χ0) is 22.3. The van der Waals surface area contributed by atoms with Crippen molar-refractivity contribution in [2.45, 2.75) is 45.8 Å². The van der Waals surface area contributed by atoms with Crippen molar-refractivity contribution < 1.29 is 14.3 Å². The molecule has 4 rings (SSSR count). The smallest absolute Gasteiger partial charge is 0.225 e. The standard InChI is InChI=1S/C27H36N2O3/c1-21-10-16-29(17-11-21)27(30)24-12-14-28(15-13-24)19-23-8-9-25(26(18-23)31-2)32-20-22-6-4-3-5-7-22/h3-9,18,21,24H,10-17,19-20H2,1-2H3. The van der Waals surface area contributed by atoms with Gasteiger partial charge in [0.05, 0.1) is 7.11 Å². The van der Waals surface area contributed by atoms with Crippen LogP contribution in [0.25, 0.3) is 0 Å². The average Bonchev–Trinajstić information content (AvgIpc) is 2.84. The maximum absolute atomic E-state index is 12.9. The molecule has 2 aliphatic rings. The molecule has 172 valence electrons. The number of ether oxygens (including phenoxy) is 2. The van der Waals surface area contributed by atoms with Crippen LogP contribution >= 0.6 is 0 Å². The zero-order valence-corrected chi connectivity index (χ0v) is 19.5. The van der Waals surface area contributed by atoms with E-state index in [9.17, 15) is 4.79 Å². The van der Waals surface area contributed by atoms with E-state index in [-0.39, 0.29) is 5.92 Å². The third-order valence-corrected chi connectivity index (χ3v) is 6.90. The van der Waals surface area contributed by atoms with Gasteiger partial charge in [-0.25, -0.2) is 0 Å². The second-order valence-corrected chi connectivity index (χ2v) is 9.32. The summed E-state index contributed by atoms with van der Waals surface area (Å²) >= 11 is 0. The lowest BCUT2D eigenvalue weighted by atomic mass is 9.92. The lowest BCUT2D eigenvalue weighted by Gasteiger charge is -2.36. The van der Waals surface area contributed by atoms with E-state index >= 15 is 0 Å². The molecular weight excluding hydrogens is 400 g/mol. The van der Waals surface area contributed by atoms with Gasteiger partial charge in [0.1, 0.15) is 6.61 Å². The normalized spacial score (nSPS) is 18.5. The molecule has 32 heavy (non-hydrogen) atoms. The number of amides is 1. The summed E-state index contributed by atoms with van der Waals surface area (Å²) in [6.45, 7) is 7.50. The molecule has 5 nitrogen and oxygen atoms in total. The number of methoxy groups -OCH3 is 1. The Bertz CT molecular complexity index is 870. The molecular formula is C27H36N2O3. The van der Waals surface area contributed by atoms with Gasteiger partial charge in [-0.05, 0) is 68.0 Å². The second-order valence-electron chi connectivity index (χ2n) is 9.32. The predicted octanol–water partition coefficient (Wildman–Crippen LogP) is 4.74. The number of nitrogens with zero attached hydrogens (tertiary/aromatic N) is 2. The van der Waals surface area contributed by atoms with Gasteiger partial charge in [0, 0.05) is 25.6 Å². The van der Waals surface area contributed by atoms with Crippen LogP contribution in [0.5, 0.6) is 11.5 Å². The maximum atomic E-state index is 12.9. The van der Waals surface area contributed by atoms with Crippen molar-refractivity contribution >= 4 is 5.91 Å². The molecule has 0 atom stereocenters. The van der Waals surface area contributed by atoms with Crippen LogP contribution in [0.1, 0.15) is 43.7 Å². The first-order valence-corrected chi connectivity index (χ1v) is 12.0. The zero-order valence-electron chi connectivity index (χ0n) is 19.5. The number of benzene rings is 2. The molecule has 1 amide bonds. The van der Waals surface area contributed by atoms with E-state index < -0.39 is 0 Å². The molecule has 2 fully saturated rings. The number of piperidine rings is 2. The first-order valence-electron chi connectivity index (χ1n) is 12.0. The summed E-state index contributed by atoms with van der Waals surface area (Å²) in [5.74, 6) is 2.87. The maximum Gasteiger partial charge on any atom is 0.225 e. The van der Waals surface area contributed by atoms with Crippen molar-refractivity contribution in [3.05, 3.63) is 59.7 Å². The summed E-state index contributed by atoms with van der Waals surface area (Å²) in [7, 11) is 1.69. The SMILES string of the molecule is COc1cc(CN2CCC(C(=O)N3CCC(C)CC3)CC2)ccc1OCc1ccccc1. The van der Waals surface area contributed by atoms with E-state index in [2.05, 4.69) is 41.0 Å². The van der Waals surface area contributed by atoms with Crippen molar-refractivity contribution in [2.75, 3.05) is 33.3 Å². The van der Waals surface area contributed by atoms with Gasteiger partial charge in [0.25, 0.3) is 0 Å². The van der Waals surface area contributed by atoms with Gasteiger partial charge in [-0.15, -0.1) is 0 Å². The van der Waals surface area contributed by atoms with Crippen LogP contribution in [0.3, 0.4) is 0 Å². The van der Waals surface area contributed by atoms with E-state index in [0.717, 1.165) is 81.4 Å². The van der Waals surface area contributed by atoms with Crippen LogP contribution in [0.2, 0.25) is 0 Å². The molecule has 5 heteroatoms. The fourth-order valence-corrected chi connectivity index (χ4v) is 4.75. The van der Waals surface area contributed by atoms with E-state index in [4.69, 9.17) is 9.47 Å². The predicted molar refractivity (Wildman–Crippen MR) is 127 cm³/mol. The van der Waals surface area contributed by atoms with Gasteiger partial charge in [-0.1, -0.05) is 43.3 Å². The average molecular weight is 437 g/mol. The van der Waals surface area contributed by atoms with Crippen molar-refractivity contribution in [3.8, 4) is 11.5 Å². The molecule has 0 spiro atoms.